The summed E-state index contributed by atoms with van der Waals surface area (Å²) in [5.74, 6) is 0.504. The first-order chi connectivity index (χ1) is 6.09. The van der Waals surface area contributed by atoms with Crippen molar-refractivity contribution in [2.75, 3.05) is 19.6 Å². The summed E-state index contributed by atoms with van der Waals surface area (Å²) in [4.78, 5) is 2.39. The second-order valence-electron chi connectivity index (χ2n) is 4.36. The fourth-order valence-corrected chi connectivity index (χ4v) is 2.03. The number of hydrogen-bond acceptors (Lipinski definition) is 3. The van der Waals surface area contributed by atoms with Crippen LogP contribution in [-0.4, -0.2) is 41.8 Å². The quantitative estimate of drug-likeness (QED) is 0.672. The van der Waals surface area contributed by atoms with Crippen molar-refractivity contribution in [1.29, 1.82) is 0 Å². The average molecular weight is 186 g/mol. The Kier molecular flexibility index (Phi) is 4.16. The van der Waals surface area contributed by atoms with Gasteiger partial charge in [0, 0.05) is 12.6 Å². The Morgan fingerprint density at radius 3 is 2.31 bits per heavy atom. The minimum Gasteiger partial charge on any atom is -0.393 e. The van der Waals surface area contributed by atoms with E-state index in [2.05, 4.69) is 4.90 Å². The second kappa shape index (κ2) is 4.94. The summed E-state index contributed by atoms with van der Waals surface area (Å²) in [6.07, 6.45) is 2.09. The number of piperidine rings is 1. The Morgan fingerprint density at radius 1 is 1.38 bits per heavy atom. The van der Waals surface area contributed by atoms with Crippen LogP contribution in [0.4, 0.5) is 0 Å². The number of nitrogens with zero attached hydrogens (tertiary/aromatic N) is 1. The highest BCUT2D eigenvalue weighted by atomic mass is 16.3. The molecule has 1 heterocycles. The lowest BCUT2D eigenvalue weighted by molar-refractivity contribution is 0.0706. The Bertz CT molecular complexity index is 140. The Balaban J connectivity index is 2.22. The summed E-state index contributed by atoms with van der Waals surface area (Å²) in [5, 5.41) is 9.40. The molecule has 0 aromatic heterocycles. The highest BCUT2D eigenvalue weighted by molar-refractivity contribution is 4.76. The van der Waals surface area contributed by atoms with Crippen LogP contribution in [0.25, 0.3) is 0 Å². The zero-order chi connectivity index (χ0) is 9.84. The minimum atomic E-state index is -0.141. The molecule has 0 aromatic rings. The molecule has 1 saturated heterocycles. The van der Waals surface area contributed by atoms with Crippen LogP contribution >= 0.6 is 0 Å². The van der Waals surface area contributed by atoms with Gasteiger partial charge in [0.1, 0.15) is 0 Å². The van der Waals surface area contributed by atoms with Crippen molar-refractivity contribution in [2.45, 2.75) is 38.8 Å². The van der Waals surface area contributed by atoms with E-state index >= 15 is 0 Å². The molecule has 2 atom stereocenters. The standard InChI is InChI=1S/C10H22N2O/c1-8(11)7-12-5-3-10(4-6-12)9(2)13/h8-10,13H,3-7,11H2,1-2H3. The molecule has 0 radical (unpaired) electrons. The van der Waals surface area contributed by atoms with Crippen molar-refractivity contribution >= 4 is 0 Å². The highest BCUT2D eigenvalue weighted by Gasteiger charge is 2.22. The van der Waals surface area contributed by atoms with E-state index in [1.165, 1.54) is 0 Å². The summed E-state index contributed by atoms with van der Waals surface area (Å²) in [6.45, 7) is 7.12. The molecule has 0 saturated carbocycles. The van der Waals surface area contributed by atoms with Crippen LogP contribution in [0, 0.1) is 5.92 Å². The SMILES string of the molecule is CC(N)CN1CCC(C(C)O)CC1. The first-order valence-corrected chi connectivity index (χ1v) is 5.25. The highest BCUT2D eigenvalue weighted by Crippen LogP contribution is 2.20. The molecule has 0 spiro atoms. The first-order valence-electron chi connectivity index (χ1n) is 5.25. The van der Waals surface area contributed by atoms with Crippen LogP contribution in [0.2, 0.25) is 0 Å². The number of likely N-dealkylation sites (tertiary alicyclic amines) is 1. The van der Waals surface area contributed by atoms with Gasteiger partial charge in [0.15, 0.2) is 0 Å². The molecular weight excluding hydrogens is 164 g/mol. The number of aliphatic hydroxyl groups excluding tert-OH is 1. The fraction of sp³-hybridized carbons (Fsp3) is 1.00. The zero-order valence-electron chi connectivity index (χ0n) is 8.74. The van der Waals surface area contributed by atoms with E-state index in [1.807, 2.05) is 13.8 Å². The van der Waals surface area contributed by atoms with Gasteiger partial charge < -0.3 is 15.7 Å². The molecule has 3 nitrogen and oxygen atoms in total. The molecule has 1 aliphatic heterocycles. The third-order valence-electron chi connectivity index (χ3n) is 2.86. The normalized spacial score (nSPS) is 25.8. The number of rotatable bonds is 3. The smallest absolute Gasteiger partial charge is 0.0541 e. The lowest BCUT2D eigenvalue weighted by Crippen LogP contribution is -2.42. The largest absolute Gasteiger partial charge is 0.393 e. The molecule has 1 aliphatic rings. The predicted octanol–water partition coefficient (Wildman–Crippen LogP) is 0.426. The van der Waals surface area contributed by atoms with Crippen molar-refractivity contribution in [3.05, 3.63) is 0 Å². The van der Waals surface area contributed by atoms with E-state index < -0.39 is 0 Å². The van der Waals surface area contributed by atoms with Gasteiger partial charge in [0.25, 0.3) is 0 Å². The van der Waals surface area contributed by atoms with Crippen molar-refractivity contribution < 1.29 is 5.11 Å². The van der Waals surface area contributed by atoms with Crippen LogP contribution in [0.15, 0.2) is 0 Å². The summed E-state index contributed by atoms with van der Waals surface area (Å²) in [7, 11) is 0. The maximum Gasteiger partial charge on any atom is 0.0541 e. The van der Waals surface area contributed by atoms with Crippen molar-refractivity contribution in [3.8, 4) is 0 Å². The Labute approximate surface area is 80.9 Å². The monoisotopic (exact) mass is 186 g/mol. The first kappa shape index (κ1) is 11.0. The third kappa shape index (κ3) is 3.63. The summed E-state index contributed by atoms with van der Waals surface area (Å²) < 4.78 is 0. The number of hydrogen-bond donors (Lipinski definition) is 2. The van der Waals surface area contributed by atoms with Gasteiger partial charge in [-0.15, -0.1) is 0 Å². The lowest BCUT2D eigenvalue weighted by atomic mass is 9.92. The fourth-order valence-electron chi connectivity index (χ4n) is 2.03. The third-order valence-corrected chi connectivity index (χ3v) is 2.86. The number of aliphatic hydroxyl groups is 1. The van der Waals surface area contributed by atoms with Crippen molar-refractivity contribution in [2.24, 2.45) is 11.7 Å². The van der Waals surface area contributed by atoms with Gasteiger partial charge in [-0.05, 0) is 45.7 Å². The second-order valence-corrected chi connectivity index (χ2v) is 4.36. The van der Waals surface area contributed by atoms with Crippen LogP contribution in [0.3, 0.4) is 0 Å². The van der Waals surface area contributed by atoms with Gasteiger partial charge in [-0.2, -0.15) is 0 Å². The average Bonchev–Trinajstić information content (AvgIpc) is 2.04. The molecule has 1 fully saturated rings. The summed E-state index contributed by atoms with van der Waals surface area (Å²) >= 11 is 0. The molecule has 0 aliphatic carbocycles. The van der Waals surface area contributed by atoms with E-state index in [9.17, 15) is 5.11 Å². The van der Waals surface area contributed by atoms with Crippen LogP contribution < -0.4 is 5.73 Å². The van der Waals surface area contributed by atoms with Crippen molar-refractivity contribution in [1.82, 2.24) is 4.90 Å². The van der Waals surface area contributed by atoms with E-state index in [0.717, 1.165) is 32.5 Å². The molecule has 3 heteroatoms. The molecule has 0 amide bonds. The molecule has 3 N–H and O–H groups in total. The van der Waals surface area contributed by atoms with Crippen LogP contribution in [0.5, 0.6) is 0 Å². The lowest BCUT2D eigenvalue weighted by Gasteiger charge is -2.33. The van der Waals surface area contributed by atoms with Crippen LogP contribution in [-0.2, 0) is 0 Å². The van der Waals surface area contributed by atoms with Crippen LogP contribution in [0.1, 0.15) is 26.7 Å². The predicted molar refractivity (Wildman–Crippen MR) is 54.5 cm³/mol. The van der Waals surface area contributed by atoms with Gasteiger partial charge in [-0.25, -0.2) is 0 Å². The molecule has 2 unspecified atom stereocenters. The van der Waals surface area contributed by atoms with E-state index in [-0.39, 0.29) is 12.1 Å². The van der Waals surface area contributed by atoms with Crippen molar-refractivity contribution in [3.63, 3.8) is 0 Å². The minimum absolute atomic E-state index is 0.141. The van der Waals surface area contributed by atoms with Gasteiger partial charge in [-0.1, -0.05) is 0 Å². The molecule has 0 aromatic carbocycles. The molecular formula is C10H22N2O. The topological polar surface area (TPSA) is 49.5 Å². The number of nitrogens with two attached hydrogens (primary N) is 1. The molecule has 13 heavy (non-hydrogen) atoms. The Hall–Kier alpha value is -0.120. The van der Waals surface area contributed by atoms with Gasteiger partial charge >= 0.3 is 0 Å². The Morgan fingerprint density at radius 2 is 1.92 bits per heavy atom. The maximum absolute atomic E-state index is 9.40. The summed E-state index contributed by atoms with van der Waals surface area (Å²) in [6, 6.07) is 0.267. The van der Waals surface area contributed by atoms with E-state index in [0.29, 0.717) is 5.92 Å². The zero-order valence-corrected chi connectivity index (χ0v) is 8.74. The summed E-state index contributed by atoms with van der Waals surface area (Å²) in [5.41, 5.74) is 5.73. The molecule has 0 bridgehead atoms. The van der Waals surface area contributed by atoms with Gasteiger partial charge in [0.2, 0.25) is 0 Å². The van der Waals surface area contributed by atoms with E-state index in [4.69, 9.17) is 5.73 Å². The molecule has 78 valence electrons. The van der Waals surface area contributed by atoms with Gasteiger partial charge in [0.05, 0.1) is 6.10 Å². The maximum atomic E-state index is 9.40. The van der Waals surface area contributed by atoms with E-state index in [1.54, 1.807) is 0 Å². The van der Waals surface area contributed by atoms with Gasteiger partial charge in [-0.3, -0.25) is 0 Å². The molecule has 1 rings (SSSR count).